The summed E-state index contributed by atoms with van der Waals surface area (Å²) in [6.07, 6.45) is 3.57. The minimum atomic E-state index is -0.407. The molecule has 0 unspecified atom stereocenters. The highest BCUT2D eigenvalue weighted by Crippen LogP contribution is 2.24. The zero-order valence-electron chi connectivity index (χ0n) is 14.6. The third-order valence-electron chi connectivity index (χ3n) is 4.20. The number of nitrogens with zero attached hydrogens (tertiary/aromatic N) is 2. The first-order chi connectivity index (χ1) is 12.5. The number of carbonyl (C=O) groups excluding carboxylic acids is 2. The molecule has 0 saturated carbocycles. The molecule has 2 aromatic carbocycles. The van der Waals surface area contributed by atoms with Crippen molar-refractivity contribution in [1.82, 2.24) is 4.57 Å². The lowest BCUT2D eigenvalue weighted by atomic mass is 10.1. The first-order valence-corrected chi connectivity index (χ1v) is 8.09. The summed E-state index contributed by atoms with van der Waals surface area (Å²) in [5.74, 6) is -0.798. The molecule has 26 heavy (non-hydrogen) atoms. The van der Waals surface area contributed by atoms with Crippen LogP contribution in [0.25, 0.3) is 10.9 Å². The average Bonchev–Trinajstić information content (AvgIpc) is 2.97. The fourth-order valence-corrected chi connectivity index (χ4v) is 2.91. The number of carbonyl (C=O) groups is 2. The highest BCUT2D eigenvalue weighted by molar-refractivity contribution is 6.01. The van der Waals surface area contributed by atoms with E-state index in [1.165, 1.54) is 7.11 Å². The van der Waals surface area contributed by atoms with Gasteiger partial charge in [0.15, 0.2) is 0 Å². The minimum Gasteiger partial charge on any atom is -0.465 e. The van der Waals surface area contributed by atoms with Crippen LogP contribution < -0.4 is 5.73 Å². The van der Waals surface area contributed by atoms with Gasteiger partial charge in [-0.1, -0.05) is 24.3 Å². The summed E-state index contributed by atoms with van der Waals surface area (Å²) in [5.41, 5.74) is 9.02. The number of fused-ring (bicyclic) bond motifs is 1. The molecule has 6 heteroatoms. The average molecular weight is 349 g/mol. The van der Waals surface area contributed by atoms with Gasteiger partial charge in [0.1, 0.15) is 6.54 Å². The van der Waals surface area contributed by atoms with E-state index in [0.29, 0.717) is 11.3 Å². The van der Waals surface area contributed by atoms with E-state index in [0.717, 1.165) is 22.0 Å². The summed E-state index contributed by atoms with van der Waals surface area (Å²) >= 11 is 0. The summed E-state index contributed by atoms with van der Waals surface area (Å²) in [7, 11) is 1.35. The normalized spacial score (nSPS) is 11.2. The lowest BCUT2D eigenvalue weighted by Gasteiger charge is -2.05. The van der Waals surface area contributed by atoms with Crippen LogP contribution in [0.3, 0.4) is 0 Å². The van der Waals surface area contributed by atoms with Crippen LogP contribution in [0.15, 0.2) is 53.7 Å². The van der Waals surface area contributed by atoms with Crippen LogP contribution in [-0.2, 0) is 16.1 Å². The van der Waals surface area contributed by atoms with E-state index in [9.17, 15) is 9.59 Å². The Labute approximate surface area is 150 Å². The fraction of sp³-hybridized carbons (Fsp3) is 0.150. The number of aromatic nitrogens is 1. The second-order valence-corrected chi connectivity index (χ2v) is 5.90. The van der Waals surface area contributed by atoms with Crippen LogP contribution in [0.2, 0.25) is 0 Å². The number of benzene rings is 2. The molecule has 3 aromatic rings. The van der Waals surface area contributed by atoms with Crippen molar-refractivity contribution >= 4 is 34.7 Å². The van der Waals surface area contributed by atoms with Gasteiger partial charge in [-0.05, 0) is 30.7 Å². The van der Waals surface area contributed by atoms with Gasteiger partial charge in [-0.15, -0.1) is 0 Å². The molecule has 0 spiro atoms. The van der Waals surface area contributed by atoms with Gasteiger partial charge in [-0.2, -0.15) is 0 Å². The molecule has 0 fully saturated rings. The predicted molar refractivity (Wildman–Crippen MR) is 101 cm³/mol. The van der Waals surface area contributed by atoms with E-state index in [2.05, 4.69) is 4.99 Å². The largest absolute Gasteiger partial charge is 0.465 e. The van der Waals surface area contributed by atoms with Crippen molar-refractivity contribution in [1.29, 1.82) is 0 Å². The molecule has 1 heterocycles. The van der Waals surface area contributed by atoms with Crippen molar-refractivity contribution in [2.24, 2.45) is 10.7 Å². The number of hydrogen-bond donors (Lipinski definition) is 1. The molecular formula is C20H19N3O3. The van der Waals surface area contributed by atoms with E-state index in [-0.39, 0.29) is 6.54 Å². The maximum Gasteiger partial charge on any atom is 0.338 e. The maximum atomic E-state index is 11.8. The third kappa shape index (κ3) is 3.35. The Kier molecular flexibility index (Phi) is 4.84. The summed E-state index contributed by atoms with van der Waals surface area (Å²) in [6.45, 7) is 1.93. The third-order valence-corrected chi connectivity index (χ3v) is 4.20. The molecule has 0 saturated heterocycles. The van der Waals surface area contributed by atoms with Crippen molar-refractivity contribution in [2.75, 3.05) is 7.11 Å². The highest BCUT2D eigenvalue weighted by atomic mass is 16.5. The lowest BCUT2D eigenvalue weighted by molar-refractivity contribution is -0.118. The standard InChI is InChI=1S/C20H19N3O3/c1-13-15(20(25)26-2)7-5-8-17(13)22-10-14-11-23(12-19(21)24)18-9-4-3-6-16(14)18/h3-11H,12H2,1-2H3,(H2,21,24). The van der Waals surface area contributed by atoms with Gasteiger partial charge in [0.05, 0.1) is 18.4 Å². The topological polar surface area (TPSA) is 86.7 Å². The van der Waals surface area contributed by atoms with Gasteiger partial charge < -0.3 is 15.0 Å². The number of ether oxygens (including phenoxy) is 1. The molecule has 132 valence electrons. The van der Waals surface area contributed by atoms with Gasteiger partial charge in [0.2, 0.25) is 5.91 Å². The molecule has 1 aromatic heterocycles. The Bertz CT molecular complexity index is 1020. The zero-order chi connectivity index (χ0) is 18.7. The number of aliphatic imine (C=N–C) groups is 1. The molecule has 2 N–H and O–H groups in total. The number of primary amides is 1. The van der Waals surface area contributed by atoms with Crippen molar-refractivity contribution in [3.63, 3.8) is 0 Å². The maximum absolute atomic E-state index is 11.8. The minimum absolute atomic E-state index is 0.102. The second kappa shape index (κ2) is 7.23. The molecule has 6 nitrogen and oxygen atoms in total. The Morgan fingerprint density at radius 1 is 1.19 bits per heavy atom. The molecule has 1 amide bonds. The molecule has 0 aliphatic rings. The number of esters is 1. The monoisotopic (exact) mass is 349 g/mol. The van der Waals surface area contributed by atoms with Crippen molar-refractivity contribution < 1.29 is 14.3 Å². The molecule has 3 rings (SSSR count). The Balaban J connectivity index is 2.02. The first-order valence-electron chi connectivity index (χ1n) is 8.09. The molecule has 0 radical (unpaired) electrons. The zero-order valence-corrected chi connectivity index (χ0v) is 14.6. The molecule has 0 bridgehead atoms. The molecular weight excluding hydrogens is 330 g/mol. The first kappa shape index (κ1) is 17.4. The van der Waals surface area contributed by atoms with Gasteiger partial charge in [0.25, 0.3) is 0 Å². The van der Waals surface area contributed by atoms with Crippen LogP contribution in [0.5, 0.6) is 0 Å². The van der Waals surface area contributed by atoms with Crippen molar-refractivity contribution in [2.45, 2.75) is 13.5 Å². The number of nitrogens with two attached hydrogens (primary N) is 1. The smallest absolute Gasteiger partial charge is 0.338 e. The van der Waals surface area contributed by atoms with Gasteiger partial charge in [0, 0.05) is 28.9 Å². The Morgan fingerprint density at radius 2 is 1.96 bits per heavy atom. The number of para-hydroxylation sites is 1. The van der Waals surface area contributed by atoms with Crippen LogP contribution >= 0.6 is 0 Å². The predicted octanol–water partition coefficient (Wildman–Crippen LogP) is 2.97. The van der Waals surface area contributed by atoms with Crippen LogP contribution in [0.4, 0.5) is 5.69 Å². The van der Waals surface area contributed by atoms with Crippen LogP contribution in [-0.4, -0.2) is 29.8 Å². The Hall–Kier alpha value is -3.41. The molecule has 0 aliphatic carbocycles. The number of amides is 1. The van der Waals surface area contributed by atoms with Crippen molar-refractivity contribution in [3.05, 3.63) is 65.4 Å². The number of rotatable bonds is 5. The quantitative estimate of drug-likeness (QED) is 0.567. The Morgan fingerprint density at radius 3 is 2.69 bits per heavy atom. The summed E-state index contributed by atoms with van der Waals surface area (Å²) in [4.78, 5) is 27.7. The van der Waals surface area contributed by atoms with Gasteiger partial charge >= 0.3 is 5.97 Å². The summed E-state index contributed by atoms with van der Waals surface area (Å²) in [6, 6.07) is 13.0. The fourth-order valence-electron chi connectivity index (χ4n) is 2.91. The molecule has 0 atom stereocenters. The van der Waals surface area contributed by atoms with Gasteiger partial charge in [-0.25, -0.2) is 4.79 Å². The summed E-state index contributed by atoms with van der Waals surface area (Å²) < 4.78 is 6.60. The molecule has 0 aliphatic heterocycles. The van der Waals surface area contributed by atoms with E-state index in [4.69, 9.17) is 10.5 Å². The van der Waals surface area contributed by atoms with Crippen LogP contribution in [0.1, 0.15) is 21.5 Å². The van der Waals surface area contributed by atoms with E-state index < -0.39 is 11.9 Å². The van der Waals surface area contributed by atoms with Crippen molar-refractivity contribution in [3.8, 4) is 0 Å². The lowest BCUT2D eigenvalue weighted by Crippen LogP contribution is -2.17. The van der Waals surface area contributed by atoms with E-state index in [1.54, 1.807) is 22.9 Å². The van der Waals surface area contributed by atoms with E-state index >= 15 is 0 Å². The number of methoxy groups -OCH3 is 1. The van der Waals surface area contributed by atoms with Crippen LogP contribution in [0, 0.1) is 6.92 Å². The highest BCUT2D eigenvalue weighted by Gasteiger charge is 2.12. The summed E-state index contributed by atoms with van der Waals surface area (Å²) in [5, 5.41) is 0.972. The van der Waals surface area contributed by atoms with Gasteiger partial charge in [-0.3, -0.25) is 9.79 Å². The number of hydrogen-bond acceptors (Lipinski definition) is 4. The van der Waals surface area contributed by atoms with E-state index in [1.807, 2.05) is 43.5 Å². The SMILES string of the molecule is COC(=O)c1cccc(N=Cc2cn(CC(N)=O)c3ccccc23)c1C. The second-order valence-electron chi connectivity index (χ2n) is 5.90.